The lowest BCUT2D eigenvalue weighted by Gasteiger charge is -2.18. The van der Waals surface area contributed by atoms with Gasteiger partial charge < -0.3 is 10.6 Å². The Hall–Kier alpha value is -3.82. The molecule has 0 saturated heterocycles. The van der Waals surface area contributed by atoms with Crippen LogP contribution in [0.5, 0.6) is 0 Å². The molecule has 0 atom stereocenters. The number of rotatable bonds is 5. The molecule has 1 aliphatic heterocycles. The standard InChI is InChI=1S/C25H16Cl2F3N3O3/c1-13-17(26)6-4-8-19(13)33-23(35)20(27)21(24(33)36)31-15-11-9-14(10-12-15)22(34)32-18-7-3-2-5-16(18)25(28,29)30/h2-12,31H,1H3,(H,32,34). The Morgan fingerprint density at radius 2 is 1.56 bits per heavy atom. The molecule has 0 saturated carbocycles. The van der Waals surface area contributed by atoms with E-state index in [1.165, 1.54) is 36.4 Å². The number of carbonyl (C=O) groups excluding carboxylic acids is 3. The zero-order valence-electron chi connectivity index (χ0n) is 18.4. The zero-order chi connectivity index (χ0) is 26.2. The number of hydrogen-bond acceptors (Lipinski definition) is 4. The largest absolute Gasteiger partial charge is 0.418 e. The highest BCUT2D eigenvalue weighted by molar-refractivity contribution is 6.53. The molecule has 0 radical (unpaired) electrons. The summed E-state index contributed by atoms with van der Waals surface area (Å²) in [4.78, 5) is 39.1. The number of alkyl halides is 3. The van der Waals surface area contributed by atoms with Crippen LogP contribution >= 0.6 is 23.2 Å². The van der Waals surface area contributed by atoms with Gasteiger partial charge in [0, 0.05) is 16.3 Å². The van der Waals surface area contributed by atoms with Crippen LogP contribution < -0.4 is 15.5 Å². The summed E-state index contributed by atoms with van der Waals surface area (Å²) in [6, 6.07) is 15.0. The molecular formula is C25H16Cl2F3N3O3. The molecule has 0 spiro atoms. The summed E-state index contributed by atoms with van der Waals surface area (Å²) in [6.07, 6.45) is -4.63. The Balaban J connectivity index is 1.51. The third kappa shape index (κ3) is 4.80. The van der Waals surface area contributed by atoms with Crippen LogP contribution in [0.2, 0.25) is 5.02 Å². The van der Waals surface area contributed by atoms with Crippen LogP contribution in [-0.4, -0.2) is 17.7 Å². The Morgan fingerprint density at radius 1 is 0.889 bits per heavy atom. The van der Waals surface area contributed by atoms with Gasteiger partial charge in [-0.1, -0.05) is 41.4 Å². The van der Waals surface area contributed by atoms with E-state index in [-0.39, 0.29) is 22.0 Å². The van der Waals surface area contributed by atoms with Crippen LogP contribution in [0.1, 0.15) is 21.5 Å². The van der Waals surface area contributed by atoms with Crippen LogP contribution in [0.4, 0.5) is 30.2 Å². The lowest BCUT2D eigenvalue weighted by molar-refractivity contribution is -0.137. The van der Waals surface area contributed by atoms with E-state index in [4.69, 9.17) is 23.2 Å². The summed E-state index contributed by atoms with van der Waals surface area (Å²) in [5.74, 6) is -2.18. The maximum atomic E-state index is 13.2. The fraction of sp³-hybridized carbons (Fsp3) is 0.0800. The maximum Gasteiger partial charge on any atom is 0.418 e. The second kappa shape index (κ2) is 9.67. The van der Waals surface area contributed by atoms with Crippen molar-refractivity contribution in [2.24, 2.45) is 0 Å². The van der Waals surface area contributed by atoms with Crippen molar-refractivity contribution < 1.29 is 27.6 Å². The van der Waals surface area contributed by atoms with Crippen molar-refractivity contribution in [1.82, 2.24) is 0 Å². The molecule has 6 nitrogen and oxygen atoms in total. The number of imide groups is 1. The van der Waals surface area contributed by atoms with Crippen molar-refractivity contribution in [3.63, 3.8) is 0 Å². The molecule has 4 rings (SSSR count). The molecule has 0 fully saturated rings. The summed E-state index contributed by atoms with van der Waals surface area (Å²) in [7, 11) is 0. The van der Waals surface area contributed by atoms with E-state index in [2.05, 4.69) is 10.6 Å². The van der Waals surface area contributed by atoms with E-state index in [0.717, 1.165) is 17.0 Å². The Labute approximate surface area is 213 Å². The number of anilines is 3. The first-order valence-electron chi connectivity index (χ1n) is 10.4. The number of carbonyl (C=O) groups is 3. The summed E-state index contributed by atoms with van der Waals surface area (Å²) in [5, 5.41) is 5.07. The Kier molecular flexibility index (Phi) is 6.79. The predicted molar refractivity (Wildman–Crippen MR) is 131 cm³/mol. The second-order valence-corrected chi connectivity index (χ2v) is 8.50. The van der Waals surface area contributed by atoms with Crippen molar-refractivity contribution >= 4 is 58.0 Å². The molecule has 36 heavy (non-hydrogen) atoms. The van der Waals surface area contributed by atoms with Gasteiger partial charge in [0.25, 0.3) is 17.7 Å². The van der Waals surface area contributed by atoms with Crippen molar-refractivity contribution in [2.45, 2.75) is 13.1 Å². The molecule has 0 bridgehead atoms. The highest BCUT2D eigenvalue weighted by atomic mass is 35.5. The molecule has 3 amide bonds. The molecule has 1 aliphatic rings. The van der Waals surface area contributed by atoms with E-state index < -0.39 is 29.5 Å². The third-order valence-electron chi connectivity index (χ3n) is 5.40. The van der Waals surface area contributed by atoms with Gasteiger partial charge in [-0.15, -0.1) is 0 Å². The number of para-hydroxylation sites is 1. The highest BCUT2D eigenvalue weighted by Gasteiger charge is 2.39. The van der Waals surface area contributed by atoms with Crippen LogP contribution in [-0.2, 0) is 15.8 Å². The number of halogens is 5. The summed E-state index contributed by atoms with van der Waals surface area (Å²) in [6.45, 7) is 1.66. The SMILES string of the molecule is Cc1c(Cl)cccc1N1C(=O)C(Cl)=C(Nc2ccc(C(=O)Nc3ccccc3C(F)(F)F)cc2)C1=O. The lowest BCUT2D eigenvalue weighted by atomic mass is 10.1. The van der Waals surface area contributed by atoms with E-state index in [0.29, 0.717) is 22.0 Å². The minimum Gasteiger partial charge on any atom is -0.350 e. The summed E-state index contributed by atoms with van der Waals surface area (Å²) < 4.78 is 39.5. The van der Waals surface area contributed by atoms with Gasteiger partial charge >= 0.3 is 6.18 Å². The first-order valence-corrected chi connectivity index (χ1v) is 11.1. The van der Waals surface area contributed by atoms with Crippen LogP contribution in [0, 0.1) is 6.92 Å². The van der Waals surface area contributed by atoms with Crippen LogP contribution in [0.3, 0.4) is 0 Å². The molecule has 2 N–H and O–H groups in total. The van der Waals surface area contributed by atoms with Gasteiger partial charge in [-0.05, 0) is 61.0 Å². The fourth-order valence-electron chi connectivity index (χ4n) is 3.55. The van der Waals surface area contributed by atoms with E-state index in [1.54, 1.807) is 25.1 Å². The molecule has 3 aromatic rings. The van der Waals surface area contributed by atoms with Crippen molar-refractivity contribution in [2.75, 3.05) is 15.5 Å². The smallest absolute Gasteiger partial charge is 0.350 e. The van der Waals surface area contributed by atoms with Gasteiger partial charge in [0.2, 0.25) is 0 Å². The van der Waals surface area contributed by atoms with Gasteiger partial charge in [-0.2, -0.15) is 13.2 Å². The van der Waals surface area contributed by atoms with Crippen molar-refractivity contribution in [1.29, 1.82) is 0 Å². The number of nitrogens with zero attached hydrogens (tertiary/aromatic N) is 1. The average Bonchev–Trinajstić information content (AvgIpc) is 3.04. The molecule has 3 aromatic carbocycles. The molecular weight excluding hydrogens is 518 g/mol. The fourth-order valence-corrected chi connectivity index (χ4v) is 3.93. The van der Waals surface area contributed by atoms with Crippen LogP contribution in [0.15, 0.2) is 77.5 Å². The number of benzene rings is 3. The molecule has 0 aromatic heterocycles. The lowest BCUT2D eigenvalue weighted by Crippen LogP contribution is -2.32. The quantitative estimate of drug-likeness (QED) is 0.374. The second-order valence-electron chi connectivity index (χ2n) is 7.72. The Morgan fingerprint density at radius 3 is 2.22 bits per heavy atom. The van der Waals surface area contributed by atoms with Gasteiger partial charge in [-0.3, -0.25) is 14.4 Å². The van der Waals surface area contributed by atoms with E-state index in [9.17, 15) is 27.6 Å². The molecule has 11 heteroatoms. The van der Waals surface area contributed by atoms with E-state index in [1.807, 2.05) is 0 Å². The summed E-state index contributed by atoms with van der Waals surface area (Å²) in [5.41, 5.74) is -0.309. The first kappa shape index (κ1) is 25.3. The van der Waals surface area contributed by atoms with E-state index >= 15 is 0 Å². The number of nitrogens with one attached hydrogen (secondary N) is 2. The highest BCUT2D eigenvalue weighted by Crippen LogP contribution is 2.36. The van der Waals surface area contributed by atoms with Crippen LogP contribution in [0.25, 0.3) is 0 Å². The van der Waals surface area contributed by atoms with Crippen molar-refractivity contribution in [3.8, 4) is 0 Å². The molecule has 0 aliphatic carbocycles. The molecule has 1 heterocycles. The molecule has 184 valence electrons. The third-order valence-corrected chi connectivity index (χ3v) is 6.16. The predicted octanol–water partition coefficient (Wildman–Crippen LogP) is 6.36. The minimum absolute atomic E-state index is 0.0719. The van der Waals surface area contributed by atoms with Gasteiger partial charge in [0.1, 0.15) is 10.7 Å². The zero-order valence-corrected chi connectivity index (χ0v) is 19.9. The van der Waals surface area contributed by atoms with Gasteiger partial charge in [0.05, 0.1) is 16.9 Å². The number of amides is 3. The van der Waals surface area contributed by atoms with Gasteiger partial charge in [0.15, 0.2) is 0 Å². The minimum atomic E-state index is -4.63. The molecule has 0 unspecified atom stereocenters. The Bertz CT molecular complexity index is 1420. The topological polar surface area (TPSA) is 78.5 Å². The average molecular weight is 534 g/mol. The summed E-state index contributed by atoms with van der Waals surface area (Å²) >= 11 is 12.3. The first-order chi connectivity index (χ1) is 17.0. The maximum absolute atomic E-state index is 13.2. The normalized spacial score (nSPS) is 13.9. The number of hydrogen-bond donors (Lipinski definition) is 2. The van der Waals surface area contributed by atoms with Crippen molar-refractivity contribution in [3.05, 3.63) is 99.2 Å². The van der Waals surface area contributed by atoms with Gasteiger partial charge in [-0.25, -0.2) is 4.90 Å². The monoisotopic (exact) mass is 533 g/mol.